The highest BCUT2D eigenvalue weighted by Crippen LogP contribution is 2.36. The third-order valence-electron chi connectivity index (χ3n) is 4.68. The minimum Gasteiger partial charge on any atom is -0.367 e. The summed E-state index contributed by atoms with van der Waals surface area (Å²) in [6.45, 7) is 2.10. The maximum atomic E-state index is 14.3. The summed E-state index contributed by atoms with van der Waals surface area (Å²) < 4.78 is 29.7. The van der Waals surface area contributed by atoms with E-state index in [1.165, 1.54) is 25.0 Å². The van der Waals surface area contributed by atoms with Crippen LogP contribution in [-0.4, -0.2) is 15.4 Å². The van der Waals surface area contributed by atoms with Crippen LogP contribution in [0.25, 0.3) is 16.2 Å². The molecule has 4 rings (SSSR count). The maximum Gasteiger partial charge on any atom is 0.196 e. The second-order valence-electron chi connectivity index (χ2n) is 6.26. The van der Waals surface area contributed by atoms with E-state index in [0.29, 0.717) is 17.3 Å². The average Bonchev–Trinajstić information content (AvgIpc) is 3.26. The molecule has 0 bridgehead atoms. The van der Waals surface area contributed by atoms with Gasteiger partial charge in [-0.25, -0.2) is 13.8 Å². The van der Waals surface area contributed by atoms with Gasteiger partial charge in [-0.1, -0.05) is 19.8 Å². The first-order chi connectivity index (χ1) is 11.7. The van der Waals surface area contributed by atoms with Gasteiger partial charge < -0.3 is 5.32 Å². The van der Waals surface area contributed by atoms with Gasteiger partial charge in [-0.3, -0.25) is 4.40 Å². The molecule has 2 heterocycles. The van der Waals surface area contributed by atoms with Crippen LogP contribution in [0.2, 0.25) is 0 Å². The van der Waals surface area contributed by atoms with Gasteiger partial charge in [0.1, 0.15) is 23.1 Å². The number of aromatic nitrogens is 2. The van der Waals surface area contributed by atoms with Gasteiger partial charge in [-0.15, -0.1) is 11.3 Å². The van der Waals surface area contributed by atoms with Crippen LogP contribution in [0.1, 0.15) is 38.3 Å². The Kier molecular flexibility index (Phi) is 4.00. The summed E-state index contributed by atoms with van der Waals surface area (Å²) in [4.78, 5) is 5.48. The lowest BCUT2D eigenvalue weighted by Gasteiger charge is -2.15. The van der Waals surface area contributed by atoms with E-state index >= 15 is 0 Å². The number of aryl methyl sites for hydroxylation is 1. The number of nitrogens with zero attached hydrogens (tertiary/aromatic N) is 2. The molecule has 1 aliphatic carbocycles. The fraction of sp³-hybridized carbons (Fsp3) is 0.389. The molecule has 1 saturated carbocycles. The lowest BCUT2D eigenvalue weighted by Crippen LogP contribution is -2.17. The Hall–Kier alpha value is -1.95. The Morgan fingerprint density at radius 1 is 1.29 bits per heavy atom. The summed E-state index contributed by atoms with van der Waals surface area (Å²) in [5, 5.41) is 5.67. The quantitative estimate of drug-likeness (QED) is 0.698. The lowest BCUT2D eigenvalue weighted by molar-refractivity contribution is 0.585. The highest BCUT2D eigenvalue weighted by molar-refractivity contribution is 7.15. The van der Waals surface area contributed by atoms with Crippen LogP contribution >= 0.6 is 11.3 Å². The predicted molar refractivity (Wildman–Crippen MR) is 93.7 cm³/mol. The third-order valence-corrected chi connectivity index (χ3v) is 5.55. The molecule has 0 saturated heterocycles. The Bertz CT molecular complexity index is 878. The van der Waals surface area contributed by atoms with Crippen molar-refractivity contribution in [2.75, 3.05) is 5.32 Å². The zero-order valence-corrected chi connectivity index (χ0v) is 14.3. The second-order valence-corrected chi connectivity index (χ2v) is 7.09. The van der Waals surface area contributed by atoms with E-state index in [4.69, 9.17) is 0 Å². The van der Waals surface area contributed by atoms with Gasteiger partial charge in [-0.2, -0.15) is 0 Å². The molecule has 3 nitrogen and oxygen atoms in total. The third kappa shape index (κ3) is 2.59. The number of anilines is 1. The molecular weight excluding hydrogens is 328 g/mol. The number of nitrogens with one attached hydrogen (secondary N) is 1. The second kappa shape index (κ2) is 6.16. The first kappa shape index (κ1) is 15.6. The van der Waals surface area contributed by atoms with Gasteiger partial charge in [0.15, 0.2) is 4.96 Å². The first-order valence-corrected chi connectivity index (χ1v) is 9.26. The number of thiazole rings is 1. The molecule has 1 fully saturated rings. The molecule has 0 atom stereocenters. The van der Waals surface area contributed by atoms with Gasteiger partial charge in [0, 0.05) is 28.7 Å². The van der Waals surface area contributed by atoms with Gasteiger partial charge in [0.25, 0.3) is 0 Å². The SMILES string of the molecule is CCc1csc2nc(-c3ccc(F)cc3F)c(NC3CCCC3)n12. The Morgan fingerprint density at radius 3 is 2.79 bits per heavy atom. The molecule has 0 unspecified atom stereocenters. The molecule has 1 aliphatic rings. The number of imidazole rings is 1. The Labute approximate surface area is 143 Å². The molecule has 126 valence electrons. The van der Waals surface area contributed by atoms with Crippen LogP contribution in [-0.2, 0) is 6.42 Å². The van der Waals surface area contributed by atoms with Gasteiger partial charge >= 0.3 is 0 Å². The van der Waals surface area contributed by atoms with Crippen molar-refractivity contribution in [2.24, 2.45) is 0 Å². The molecule has 3 aromatic rings. The van der Waals surface area contributed by atoms with Crippen molar-refractivity contribution >= 4 is 22.1 Å². The topological polar surface area (TPSA) is 29.3 Å². The molecule has 0 spiro atoms. The summed E-state index contributed by atoms with van der Waals surface area (Å²) in [5.74, 6) is -0.314. The van der Waals surface area contributed by atoms with Crippen LogP contribution in [0.15, 0.2) is 23.6 Å². The van der Waals surface area contributed by atoms with Crippen LogP contribution < -0.4 is 5.32 Å². The lowest BCUT2D eigenvalue weighted by atomic mass is 10.1. The highest BCUT2D eigenvalue weighted by Gasteiger charge is 2.23. The minimum absolute atomic E-state index is 0.342. The van der Waals surface area contributed by atoms with E-state index in [9.17, 15) is 8.78 Å². The molecule has 0 radical (unpaired) electrons. The fourth-order valence-electron chi connectivity index (χ4n) is 3.43. The monoisotopic (exact) mass is 347 g/mol. The molecule has 6 heteroatoms. The number of hydrogen-bond acceptors (Lipinski definition) is 3. The number of fused-ring (bicyclic) bond motifs is 1. The number of hydrogen-bond donors (Lipinski definition) is 1. The van der Waals surface area contributed by atoms with E-state index in [-0.39, 0.29) is 0 Å². The molecule has 2 aromatic heterocycles. The van der Waals surface area contributed by atoms with Crippen molar-refractivity contribution < 1.29 is 8.78 Å². The Morgan fingerprint density at radius 2 is 2.08 bits per heavy atom. The normalized spacial score (nSPS) is 15.5. The van der Waals surface area contributed by atoms with Crippen LogP contribution in [0.4, 0.5) is 14.6 Å². The van der Waals surface area contributed by atoms with Crippen LogP contribution in [0, 0.1) is 11.6 Å². The summed E-state index contributed by atoms with van der Waals surface area (Å²) in [5.41, 5.74) is 2.06. The van der Waals surface area contributed by atoms with Crippen molar-refractivity contribution in [3.63, 3.8) is 0 Å². The van der Waals surface area contributed by atoms with Crippen molar-refractivity contribution in [1.82, 2.24) is 9.38 Å². The highest BCUT2D eigenvalue weighted by atomic mass is 32.1. The van der Waals surface area contributed by atoms with E-state index in [0.717, 1.165) is 41.8 Å². The zero-order valence-electron chi connectivity index (χ0n) is 13.5. The smallest absolute Gasteiger partial charge is 0.196 e. The van der Waals surface area contributed by atoms with Gasteiger partial charge in [0.2, 0.25) is 0 Å². The van der Waals surface area contributed by atoms with Gasteiger partial charge in [-0.05, 0) is 31.4 Å². The molecular formula is C18H19F2N3S. The summed E-state index contributed by atoms with van der Waals surface area (Å²) in [6, 6.07) is 4.06. The van der Waals surface area contributed by atoms with E-state index in [1.54, 1.807) is 11.3 Å². The summed E-state index contributed by atoms with van der Waals surface area (Å²) in [6.07, 6.45) is 5.53. The van der Waals surface area contributed by atoms with Crippen LogP contribution in [0.3, 0.4) is 0 Å². The van der Waals surface area contributed by atoms with Crippen molar-refractivity contribution in [3.05, 3.63) is 40.9 Å². The van der Waals surface area contributed by atoms with Crippen molar-refractivity contribution in [1.29, 1.82) is 0 Å². The van der Waals surface area contributed by atoms with Crippen molar-refractivity contribution in [2.45, 2.75) is 45.1 Å². The Balaban J connectivity index is 1.88. The standard InChI is InChI=1S/C18H19F2N3S/c1-2-13-10-24-18-22-16(14-8-7-11(19)9-15(14)20)17(23(13)18)21-12-5-3-4-6-12/h7-10,12,21H,2-6H2,1H3. The molecule has 1 aromatic carbocycles. The zero-order chi connectivity index (χ0) is 16.7. The molecule has 24 heavy (non-hydrogen) atoms. The number of halogens is 2. The summed E-state index contributed by atoms with van der Waals surface area (Å²) in [7, 11) is 0. The first-order valence-electron chi connectivity index (χ1n) is 8.38. The van der Waals surface area contributed by atoms with E-state index < -0.39 is 11.6 Å². The average molecular weight is 347 g/mol. The number of benzene rings is 1. The van der Waals surface area contributed by atoms with Gasteiger partial charge in [0.05, 0.1) is 0 Å². The van der Waals surface area contributed by atoms with E-state index in [2.05, 4.69) is 27.0 Å². The predicted octanol–water partition coefficient (Wildman–Crippen LogP) is 5.26. The summed E-state index contributed by atoms with van der Waals surface area (Å²) >= 11 is 1.55. The largest absolute Gasteiger partial charge is 0.367 e. The minimum atomic E-state index is -0.576. The van der Waals surface area contributed by atoms with E-state index in [1.807, 2.05) is 0 Å². The van der Waals surface area contributed by atoms with Crippen molar-refractivity contribution in [3.8, 4) is 11.3 Å². The molecule has 1 N–H and O–H groups in total. The number of rotatable bonds is 4. The molecule has 0 aliphatic heterocycles. The van der Waals surface area contributed by atoms with Crippen LogP contribution in [0.5, 0.6) is 0 Å². The molecule has 0 amide bonds. The fourth-order valence-corrected chi connectivity index (χ4v) is 4.40. The maximum absolute atomic E-state index is 14.3.